The van der Waals surface area contributed by atoms with Gasteiger partial charge < -0.3 is 5.32 Å². The second-order valence-electron chi connectivity index (χ2n) is 12.5. The number of fused-ring (bicyclic) bond motifs is 4. The number of aryl methyl sites for hydroxylation is 3. The lowest BCUT2D eigenvalue weighted by Crippen LogP contribution is -2.36. The molecule has 1 spiro atoms. The molecule has 2 aliphatic rings. The van der Waals surface area contributed by atoms with Crippen LogP contribution in [-0.2, 0) is 24.8 Å². The molecule has 0 radical (unpaired) electrons. The third-order valence-electron chi connectivity index (χ3n) is 7.87. The highest BCUT2D eigenvalue weighted by Crippen LogP contribution is 2.62. The predicted molar refractivity (Wildman–Crippen MR) is 153 cm³/mol. The molecule has 2 aromatic carbocycles. The van der Waals surface area contributed by atoms with Gasteiger partial charge in [-0.05, 0) is 88.7 Å². The summed E-state index contributed by atoms with van der Waals surface area (Å²) in [4.78, 5) is 4.74. The van der Waals surface area contributed by atoms with Gasteiger partial charge in [0.15, 0.2) is 0 Å². The summed E-state index contributed by atoms with van der Waals surface area (Å²) in [6.07, 6.45) is 4.81. The predicted octanol–water partition coefficient (Wildman–Crippen LogP) is 7.88. The first-order chi connectivity index (χ1) is 16.5. The van der Waals surface area contributed by atoms with Crippen molar-refractivity contribution in [1.29, 1.82) is 0 Å². The molecule has 2 aliphatic carbocycles. The molecule has 1 aromatic heterocycles. The first-order valence-electron chi connectivity index (χ1n) is 13.2. The Morgan fingerprint density at radius 3 is 2.03 bits per heavy atom. The highest BCUT2D eigenvalue weighted by atomic mass is 31.1. The van der Waals surface area contributed by atoms with Crippen LogP contribution >= 0.6 is 7.92 Å². The SMILES string of the molecule is Cc1cccc(CNc2cccc3c2[C@@]2(CC3)CCc3cccc(P(C(C)(C)C)C(C)(C)C)c32)n1. The Kier molecular flexibility index (Phi) is 6.12. The molecule has 3 heteroatoms. The zero-order valence-corrected chi connectivity index (χ0v) is 23.5. The van der Waals surface area contributed by atoms with Gasteiger partial charge in [0.2, 0.25) is 0 Å². The minimum atomic E-state index is -0.360. The van der Waals surface area contributed by atoms with Crippen molar-refractivity contribution in [3.8, 4) is 0 Å². The van der Waals surface area contributed by atoms with Gasteiger partial charge in [-0.2, -0.15) is 0 Å². The summed E-state index contributed by atoms with van der Waals surface area (Å²) >= 11 is 0. The fourth-order valence-electron chi connectivity index (χ4n) is 7.11. The van der Waals surface area contributed by atoms with Crippen LogP contribution in [0, 0.1) is 6.92 Å². The number of nitrogens with one attached hydrogen (secondary N) is 1. The van der Waals surface area contributed by atoms with E-state index in [1.54, 1.807) is 22.0 Å². The quantitative estimate of drug-likeness (QED) is 0.381. The Morgan fingerprint density at radius 2 is 1.40 bits per heavy atom. The first-order valence-corrected chi connectivity index (χ1v) is 14.6. The summed E-state index contributed by atoms with van der Waals surface area (Å²) in [6, 6.07) is 20.5. The van der Waals surface area contributed by atoms with Crippen molar-refractivity contribution in [3.05, 3.63) is 88.2 Å². The normalized spacial score (nSPS) is 19.3. The van der Waals surface area contributed by atoms with E-state index in [4.69, 9.17) is 4.98 Å². The van der Waals surface area contributed by atoms with Gasteiger partial charge in [0.05, 0.1) is 12.2 Å². The number of pyridine rings is 1. The summed E-state index contributed by atoms with van der Waals surface area (Å²) in [5.74, 6) is 0. The zero-order chi connectivity index (χ0) is 25.0. The molecule has 0 fully saturated rings. The van der Waals surface area contributed by atoms with E-state index >= 15 is 0 Å². The average Bonchev–Trinajstić information content (AvgIpc) is 3.33. The fraction of sp³-hybridized carbons (Fsp3) is 0.469. The Bertz CT molecular complexity index is 1230. The van der Waals surface area contributed by atoms with Crippen molar-refractivity contribution in [3.63, 3.8) is 0 Å². The van der Waals surface area contributed by atoms with Crippen molar-refractivity contribution < 1.29 is 0 Å². The number of rotatable bonds is 4. The van der Waals surface area contributed by atoms with Gasteiger partial charge in [0.1, 0.15) is 0 Å². The van der Waals surface area contributed by atoms with Crippen LogP contribution in [0.15, 0.2) is 54.6 Å². The van der Waals surface area contributed by atoms with E-state index in [0.717, 1.165) is 17.9 Å². The molecule has 0 amide bonds. The van der Waals surface area contributed by atoms with Crippen molar-refractivity contribution in [2.75, 3.05) is 5.32 Å². The Hall–Kier alpha value is -2.18. The Labute approximate surface area is 213 Å². The van der Waals surface area contributed by atoms with E-state index in [2.05, 4.69) is 108 Å². The average molecular weight is 485 g/mol. The van der Waals surface area contributed by atoms with Gasteiger partial charge in [-0.3, -0.25) is 4.98 Å². The monoisotopic (exact) mass is 484 g/mol. The third kappa shape index (κ3) is 4.33. The van der Waals surface area contributed by atoms with Gasteiger partial charge in [-0.25, -0.2) is 0 Å². The zero-order valence-electron chi connectivity index (χ0n) is 22.6. The van der Waals surface area contributed by atoms with Gasteiger partial charge in [-0.15, -0.1) is 0 Å². The summed E-state index contributed by atoms with van der Waals surface area (Å²) < 4.78 is 0. The minimum Gasteiger partial charge on any atom is -0.379 e. The van der Waals surface area contributed by atoms with E-state index < -0.39 is 0 Å². The maximum absolute atomic E-state index is 4.74. The second-order valence-corrected chi connectivity index (χ2v) is 16.4. The molecular formula is C32H41N2P. The van der Waals surface area contributed by atoms with Gasteiger partial charge in [0, 0.05) is 16.8 Å². The molecule has 0 saturated carbocycles. The molecule has 1 atom stereocenters. The smallest absolute Gasteiger partial charge is 0.0597 e. The van der Waals surface area contributed by atoms with Crippen LogP contribution in [0.5, 0.6) is 0 Å². The van der Waals surface area contributed by atoms with E-state index in [1.165, 1.54) is 36.9 Å². The van der Waals surface area contributed by atoms with Crippen LogP contribution < -0.4 is 10.6 Å². The number of hydrogen-bond acceptors (Lipinski definition) is 2. The molecule has 0 aliphatic heterocycles. The number of benzene rings is 2. The lowest BCUT2D eigenvalue weighted by molar-refractivity contribution is 0.510. The minimum absolute atomic E-state index is 0.127. The molecule has 2 nitrogen and oxygen atoms in total. The number of aromatic nitrogens is 1. The molecule has 0 unspecified atom stereocenters. The Balaban J connectivity index is 1.63. The largest absolute Gasteiger partial charge is 0.379 e. The highest BCUT2D eigenvalue weighted by molar-refractivity contribution is 7.68. The van der Waals surface area contributed by atoms with E-state index in [-0.39, 0.29) is 23.6 Å². The standard InChI is InChI=1S/C32H41N2P/c1-22-11-8-14-25(34-22)21-33-26-15-9-12-23-17-19-32(28(23)26)20-18-24-13-10-16-27(29(24)32)35(30(2,3)4)31(5,6)7/h8-16,33H,17-21H2,1-7H3/t32-/m1/s1. The lowest BCUT2D eigenvalue weighted by atomic mass is 9.76. The van der Waals surface area contributed by atoms with Crippen molar-refractivity contribution >= 4 is 18.9 Å². The van der Waals surface area contributed by atoms with Crippen LogP contribution in [0.25, 0.3) is 0 Å². The van der Waals surface area contributed by atoms with Crippen LogP contribution in [0.2, 0.25) is 0 Å². The maximum atomic E-state index is 4.74. The van der Waals surface area contributed by atoms with Crippen LogP contribution in [0.3, 0.4) is 0 Å². The third-order valence-corrected chi connectivity index (χ3v) is 11.4. The molecular weight excluding hydrogens is 443 g/mol. The summed E-state index contributed by atoms with van der Waals surface area (Å²) in [5.41, 5.74) is 9.98. The summed E-state index contributed by atoms with van der Waals surface area (Å²) in [5, 5.41) is 5.98. The Morgan fingerprint density at radius 1 is 0.800 bits per heavy atom. The van der Waals surface area contributed by atoms with Crippen molar-refractivity contribution in [1.82, 2.24) is 4.98 Å². The molecule has 0 saturated heterocycles. The molecule has 3 aromatic rings. The van der Waals surface area contributed by atoms with Crippen LogP contribution in [-0.4, -0.2) is 15.3 Å². The lowest BCUT2D eigenvalue weighted by Gasteiger charge is -2.44. The van der Waals surface area contributed by atoms with Gasteiger partial charge in [-0.1, -0.05) is 85.9 Å². The van der Waals surface area contributed by atoms with Crippen LogP contribution in [0.4, 0.5) is 5.69 Å². The number of nitrogens with zero attached hydrogens (tertiary/aromatic N) is 1. The second kappa shape index (κ2) is 8.74. The molecule has 5 rings (SSSR count). The highest BCUT2D eigenvalue weighted by Gasteiger charge is 2.49. The van der Waals surface area contributed by atoms with E-state index in [1.807, 2.05) is 0 Å². The molecule has 184 valence electrons. The van der Waals surface area contributed by atoms with Gasteiger partial charge >= 0.3 is 0 Å². The van der Waals surface area contributed by atoms with E-state index in [9.17, 15) is 0 Å². The molecule has 1 N–H and O–H groups in total. The molecule has 1 heterocycles. The molecule has 0 bridgehead atoms. The van der Waals surface area contributed by atoms with E-state index in [0.29, 0.717) is 0 Å². The molecule has 35 heavy (non-hydrogen) atoms. The maximum Gasteiger partial charge on any atom is 0.0597 e. The summed E-state index contributed by atoms with van der Waals surface area (Å²) in [6.45, 7) is 17.6. The van der Waals surface area contributed by atoms with Crippen LogP contribution in [0.1, 0.15) is 88.0 Å². The summed E-state index contributed by atoms with van der Waals surface area (Å²) in [7, 11) is -0.360. The topological polar surface area (TPSA) is 24.9 Å². The van der Waals surface area contributed by atoms with Gasteiger partial charge in [0.25, 0.3) is 0 Å². The number of hydrogen-bond donors (Lipinski definition) is 1. The fourth-order valence-corrected chi connectivity index (χ4v) is 11.4. The van der Waals surface area contributed by atoms with Crippen molar-refractivity contribution in [2.24, 2.45) is 0 Å². The number of anilines is 1. The van der Waals surface area contributed by atoms with Crippen molar-refractivity contribution in [2.45, 2.75) is 96.4 Å². The first kappa shape index (κ1) is 24.5.